The number of hydrogen-bond acceptors (Lipinski definition) is 3. The van der Waals surface area contributed by atoms with Crippen LogP contribution in [0.3, 0.4) is 0 Å². The molecule has 0 spiro atoms. The summed E-state index contributed by atoms with van der Waals surface area (Å²) in [5.41, 5.74) is 6.46. The minimum absolute atomic E-state index is 0. The van der Waals surface area contributed by atoms with E-state index in [1.54, 1.807) is 0 Å². The van der Waals surface area contributed by atoms with E-state index in [1.165, 1.54) is 44.9 Å². The molecule has 102 valence electrons. The Morgan fingerprint density at radius 1 is 1.06 bits per heavy atom. The number of nitrogens with two attached hydrogens (primary N) is 1. The van der Waals surface area contributed by atoms with Crippen molar-refractivity contribution < 1.29 is 0 Å². The molecule has 4 heteroatoms. The highest BCUT2D eigenvalue weighted by molar-refractivity contribution is 5.85. The van der Waals surface area contributed by atoms with Gasteiger partial charge in [0.15, 0.2) is 5.96 Å². The molecule has 0 saturated heterocycles. The second kappa shape index (κ2) is 4.29. The molecule has 0 radical (unpaired) electrons. The Morgan fingerprint density at radius 2 is 1.61 bits per heavy atom. The first kappa shape index (κ1) is 12.6. The standard InChI is InChI=1S/C14H23N3.ClH/c15-13-16-2-1-12(17-13)14-6-9-3-10(7-14)5-11(4-9)8-14;/h9-12H,1-8H2,(H3,15,16,17);1H. The lowest BCUT2D eigenvalue weighted by atomic mass is 9.47. The summed E-state index contributed by atoms with van der Waals surface area (Å²) in [7, 11) is 0. The number of rotatable bonds is 1. The molecule has 0 aromatic carbocycles. The first-order valence-electron chi connectivity index (χ1n) is 7.30. The molecule has 4 saturated carbocycles. The maximum Gasteiger partial charge on any atom is 0.188 e. The summed E-state index contributed by atoms with van der Waals surface area (Å²) in [6.45, 7) is 0.936. The van der Waals surface area contributed by atoms with Gasteiger partial charge < -0.3 is 11.1 Å². The van der Waals surface area contributed by atoms with Crippen molar-refractivity contribution in [3.05, 3.63) is 0 Å². The van der Waals surface area contributed by atoms with Gasteiger partial charge in [-0.1, -0.05) is 0 Å². The van der Waals surface area contributed by atoms with Crippen LogP contribution in [0.5, 0.6) is 0 Å². The average Bonchev–Trinajstić information content (AvgIpc) is 2.27. The zero-order valence-electron chi connectivity index (χ0n) is 10.9. The van der Waals surface area contributed by atoms with Gasteiger partial charge in [-0.2, -0.15) is 0 Å². The molecule has 5 rings (SSSR count). The van der Waals surface area contributed by atoms with Crippen LogP contribution in [0.4, 0.5) is 0 Å². The summed E-state index contributed by atoms with van der Waals surface area (Å²) in [5, 5.41) is 3.50. The maximum absolute atomic E-state index is 5.88. The summed E-state index contributed by atoms with van der Waals surface area (Å²) >= 11 is 0. The number of nitrogens with zero attached hydrogens (tertiary/aromatic N) is 1. The number of halogens is 1. The first-order chi connectivity index (χ1) is 8.23. The summed E-state index contributed by atoms with van der Waals surface area (Å²) in [6, 6.07) is 0.619. The van der Waals surface area contributed by atoms with E-state index in [2.05, 4.69) is 10.3 Å². The minimum atomic E-state index is 0. The SMILES string of the molecule is Cl.NC1=NCCC(C23CC4CC(CC(C4)C2)C3)N1. The maximum atomic E-state index is 5.88. The van der Waals surface area contributed by atoms with Gasteiger partial charge in [-0.15, -0.1) is 12.4 Å². The quantitative estimate of drug-likeness (QED) is 0.767. The Morgan fingerprint density at radius 3 is 2.11 bits per heavy atom. The lowest BCUT2D eigenvalue weighted by Gasteiger charge is -2.60. The van der Waals surface area contributed by atoms with Gasteiger partial charge in [0.2, 0.25) is 0 Å². The fourth-order valence-corrected chi connectivity index (χ4v) is 5.67. The normalized spacial score (nSPS) is 49.2. The molecule has 18 heavy (non-hydrogen) atoms. The van der Waals surface area contributed by atoms with Crippen LogP contribution in [-0.4, -0.2) is 18.5 Å². The molecule has 3 nitrogen and oxygen atoms in total. The fraction of sp³-hybridized carbons (Fsp3) is 0.929. The predicted octanol–water partition coefficient (Wildman–Crippen LogP) is 2.30. The third-order valence-corrected chi connectivity index (χ3v) is 5.85. The van der Waals surface area contributed by atoms with Crippen LogP contribution in [0.15, 0.2) is 4.99 Å². The highest BCUT2D eigenvalue weighted by Gasteiger charge is 2.54. The van der Waals surface area contributed by atoms with Gasteiger partial charge in [0.1, 0.15) is 0 Å². The molecule has 0 amide bonds. The van der Waals surface area contributed by atoms with E-state index in [9.17, 15) is 0 Å². The van der Waals surface area contributed by atoms with Gasteiger partial charge >= 0.3 is 0 Å². The zero-order chi connectivity index (χ0) is 11.5. The Hall–Kier alpha value is -0.440. The van der Waals surface area contributed by atoms with Crippen LogP contribution in [0.2, 0.25) is 0 Å². The summed E-state index contributed by atoms with van der Waals surface area (Å²) in [6.07, 6.45) is 10.2. The van der Waals surface area contributed by atoms with Crippen molar-refractivity contribution in [3.63, 3.8) is 0 Å². The molecule has 1 unspecified atom stereocenters. The van der Waals surface area contributed by atoms with Gasteiger partial charge in [0, 0.05) is 12.6 Å². The van der Waals surface area contributed by atoms with Crippen LogP contribution >= 0.6 is 12.4 Å². The molecular formula is C14H24ClN3. The van der Waals surface area contributed by atoms with Crippen molar-refractivity contribution in [2.45, 2.75) is 51.0 Å². The Bertz CT molecular complexity index is 331. The number of hydrogen-bond donors (Lipinski definition) is 2. The zero-order valence-corrected chi connectivity index (χ0v) is 11.7. The third kappa shape index (κ3) is 1.82. The molecule has 5 aliphatic rings. The molecule has 4 fully saturated rings. The Balaban J connectivity index is 0.000001000. The number of guanidine groups is 1. The van der Waals surface area contributed by atoms with E-state index in [0.29, 0.717) is 17.4 Å². The van der Waals surface area contributed by atoms with Gasteiger partial charge in [-0.3, -0.25) is 4.99 Å². The number of nitrogens with one attached hydrogen (secondary N) is 1. The highest BCUT2D eigenvalue weighted by Crippen LogP contribution is 2.61. The van der Waals surface area contributed by atoms with Crippen LogP contribution in [0.25, 0.3) is 0 Å². The Kier molecular flexibility index (Phi) is 3.00. The fourth-order valence-electron chi connectivity index (χ4n) is 5.67. The molecule has 1 aliphatic heterocycles. The average molecular weight is 270 g/mol. The summed E-state index contributed by atoms with van der Waals surface area (Å²) < 4.78 is 0. The van der Waals surface area contributed by atoms with Crippen LogP contribution in [-0.2, 0) is 0 Å². The summed E-state index contributed by atoms with van der Waals surface area (Å²) in [4.78, 5) is 4.29. The minimum Gasteiger partial charge on any atom is -0.370 e. The van der Waals surface area contributed by atoms with Gasteiger partial charge in [-0.25, -0.2) is 0 Å². The molecule has 1 heterocycles. The summed E-state index contributed by atoms with van der Waals surface area (Å²) in [5.74, 6) is 3.78. The smallest absolute Gasteiger partial charge is 0.188 e. The third-order valence-electron chi connectivity index (χ3n) is 5.85. The molecule has 1 atom stereocenters. The lowest BCUT2D eigenvalue weighted by Crippen LogP contribution is -2.59. The van der Waals surface area contributed by atoms with Crippen molar-refractivity contribution in [1.82, 2.24) is 5.32 Å². The topological polar surface area (TPSA) is 50.4 Å². The lowest BCUT2D eigenvalue weighted by molar-refractivity contribution is -0.0722. The van der Waals surface area contributed by atoms with Crippen molar-refractivity contribution in [1.29, 1.82) is 0 Å². The predicted molar refractivity (Wildman–Crippen MR) is 75.9 cm³/mol. The van der Waals surface area contributed by atoms with E-state index < -0.39 is 0 Å². The second-order valence-electron chi connectivity index (χ2n) is 7.03. The van der Waals surface area contributed by atoms with Crippen LogP contribution in [0.1, 0.15) is 44.9 Å². The second-order valence-corrected chi connectivity index (χ2v) is 7.03. The van der Waals surface area contributed by atoms with Gasteiger partial charge in [0.25, 0.3) is 0 Å². The molecule has 4 aliphatic carbocycles. The highest BCUT2D eigenvalue weighted by atomic mass is 35.5. The molecule has 4 bridgehead atoms. The molecule has 3 N–H and O–H groups in total. The first-order valence-corrected chi connectivity index (χ1v) is 7.30. The molecule has 0 aromatic rings. The van der Waals surface area contributed by atoms with Gasteiger partial charge in [0.05, 0.1) is 0 Å². The van der Waals surface area contributed by atoms with Crippen molar-refractivity contribution in [2.75, 3.05) is 6.54 Å². The Labute approximate surface area is 115 Å². The van der Waals surface area contributed by atoms with Crippen molar-refractivity contribution in [2.24, 2.45) is 33.9 Å². The van der Waals surface area contributed by atoms with E-state index in [1.807, 2.05) is 0 Å². The van der Waals surface area contributed by atoms with E-state index in [0.717, 1.165) is 24.3 Å². The van der Waals surface area contributed by atoms with E-state index in [4.69, 9.17) is 5.73 Å². The van der Waals surface area contributed by atoms with Gasteiger partial charge in [-0.05, 0) is 68.1 Å². The largest absolute Gasteiger partial charge is 0.370 e. The van der Waals surface area contributed by atoms with Crippen molar-refractivity contribution in [3.8, 4) is 0 Å². The monoisotopic (exact) mass is 269 g/mol. The van der Waals surface area contributed by atoms with Crippen LogP contribution in [0, 0.1) is 23.2 Å². The number of aliphatic imine (C=N–C) groups is 1. The van der Waals surface area contributed by atoms with E-state index >= 15 is 0 Å². The van der Waals surface area contributed by atoms with Crippen LogP contribution < -0.4 is 11.1 Å². The molecular weight excluding hydrogens is 246 g/mol. The van der Waals surface area contributed by atoms with E-state index in [-0.39, 0.29) is 12.4 Å². The molecule has 0 aromatic heterocycles. The van der Waals surface area contributed by atoms with Crippen molar-refractivity contribution >= 4 is 18.4 Å².